The Hall–Kier alpha value is -2.87. The number of aromatic amines is 1. The molecule has 0 saturated heterocycles. The van der Waals surface area contributed by atoms with Crippen LogP contribution in [0.15, 0.2) is 42.7 Å². The molecule has 0 aliphatic rings. The molecule has 0 saturated carbocycles. The summed E-state index contributed by atoms with van der Waals surface area (Å²) in [6, 6.07) is 9.58. The van der Waals surface area contributed by atoms with Crippen molar-refractivity contribution >= 4 is 12.2 Å². The Bertz CT molecular complexity index is 892. The van der Waals surface area contributed by atoms with E-state index in [9.17, 15) is 0 Å². The molecule has 8 heteroatoms. The van der Waals surface area contributed by atoms with Gasteiger partial charge in [0, 0.05) is 18.0 Å². The van der Waals surface area contributed by atoms with Gasteiger partial charge in [-0.3, -0.25) is 4.98 Å². The van der Waals surface area contributed by atoms with Crippen LogP contribution in [0.4, 0.5) is 0 Å². The molecule has 3 aromatic rings. The van der Waals surface area contributed by atoms with Crippen LogP contribution < -0.4 is 14.9 Å². The number of ether oxygens (including phenoxy) is 2. The molecule has 0 radical (unpaired) electrons. The third kappa shape index (κ3) is 3.80. The SMILES string of the molecule is CCOc1ccc(CNn2c(-c3ccncc3)n[nH]c2=S)cc1OC. The predicted octanol–water partition coefficient (Wildman–Crippen LogP) is 3.15. The quantitative estimate of drug-likeness (QED) is 0.633. The molecule has 0 unspecified atom stereocenters. The highest BCUT2D eigenvalue weighted by Crippen LogP contribution is 2.28. The van der Waals surface area contributed by atoms with Gasteiger partial charge in [-0.05, 0) is 49.0 Å². The zero-order chi connectivity index (χ0) is 17.6. The van der Waals surface area contributed by atoms with Gasteiger partial charge < -0.3 is 14.9 Å². The number of methoxy groups -OCH3 is 1. The van der Waals surface area contributed by atoms with Crippen molar-refractivity contribution in [3.05, 3.63) is 53.1 Å². The second kappa shape index (κ2) is 7.80. The van der Waals surface area contributed by atoms with E-state index in [1.54, 1.807) is 24.2 Å². The van der Waals surface area contributed by atoms with Crippen LogP contribution in [0, 0.1) is 4.77 Å². The molecule has 2 N–H and O–H groups in total. The zero-order valence-corrected chi connectivity index (χ0v) is 14.8. The third-order valence-electron chi connectivity index (χ3n) is 3.58. The number of hydrogen-bond donors (Lipinski definition) is 2. The second-order valence-corrected chi connectivity index (χ2v) is 5.56. The van der Waals surface area contributed by atoms with Gasteiger partial charge in [-0.25, -0.2) is 9.77 Å². The van der Waals surface area contributed by atoms with E-state index >= 15 is 0 Å². The third-order valence-corrected chi connectivity index (χ3v) is 3.85. The standard InChI is InChI=1S/C17H19N5O2S/c1-3-24-14-5-4-12(10-15(14)23-2)11-19-22-16(20-21-17(22)25)13-6-8-18-9-7-13/h4-10,19H,3,11H2,1-2H3,(H,21,25). The Morgan fingerprint density at radius 3 is 2.72 bits per heavy atom. The molecule has 130 valence electrons. The highest BCUT2D eigenvalue weighted by Gasteiger charge is 2.09. The second-order valence-electron chi connectivity index (χ2n) is 5.18. The lowest BCUT2D eigenvalue weighted by molar-refractivity contribution is 0.310. The fourth-order valence-corrected chi connectivity index (χ4v) is 2.60. The van der Waals surface area contributed by atoms with Gasteiger partial charge in [0.2, 0.25) is 4.77 Å². The van der Waals surface area contributed by atoms with E-state index in [-0.39, 0.29) is 0 Å². The van der Waals surface area contributed by atoms with Gasteiger partial charge in [0.1, 0.15) is 0 Å². The summed E-state index contributed by atoms with van der Waals surface area (Å²) in [6.45, 7) is 3.08. The van der Waals surface area contributed by atoms with Gasteiger partial charge in [-0.1, -0.05) is 6.07 Å². The summed E-state index contributed by atoms with van der Waals surface area (Å²) < 4.78 is 13.2. The van der Waals surface area contributed by atoms with Gasteiger partial charge in [0.25, 0.3) is 0 Å². The van der Waals surface area contributed by atoms with E-state index in [0.717, 1.165) is 16.9 Å². The van der Waals surface area contributed by atoms with E-state index in [0.29, 0.717) is 29.5 Å². The molecule has 7 nitrogen and oxygen atoms in total. The van der Waals surface area contributed by atoms with E-state index in [2.05, 4.69) is 20.6 Å². The molecule has 0 aliphatic carbocycles. The van der Waals surface area contributed by atoms with Crippen molar-refractivity contribution in [2.24, 2.45) is 0 Å². The monoisotopic (exact) mass is 357 g/mol. The van der Waals surface area contributed by atoms with Crippen molar-refractivity contribution in [1.82, 2.24) is 19.9 Å². The number of nitrogens with one attached hydrogen (secondary N) is 2. The predicted molar refractivity (Wildman–Crippen MR) is 97.9 cm³/mol. The van der Waals surface area contributed by atoms with Crippen LogP contribution in [-0.4, -0.2) is 33.6 Å². The van der Waals surface area contributed by atoms with E-state index in [4.69, 9.17) is 21.7 Å². The summed E-state index contributed by atoms with van der Waals surface area (Å²) in [5, 5.41) is 7.09. The normalized spacial score (nSPS) is 10.5. The molecule has 0 atom stereocenters. The average molecular weight is 357 g/mol. The fourth-order valence-electron chi connectivity index (χ4n) is 2.41. The molecule has 0 bridgehead atoms. The lowest BCUT2D eigenvalue weighted by atomic mass is 10.2. The van der Waals surface area contributed by atoms with Crippen LogP contribution in [0.1, 0.15) is 12.5 Å². The lowest BCUT2D eigenvalue weighted by Gasteiger charge is -2.13. The van der Waals surface area contributed by atoms with Gasteiger partial charge >= 0.3 is 0 Å². The lowest BCUT2D eigenvalue weighted by Crippen LogP contribution is -2.16. The maximum Gasteiger partial charge on any atom is 0.214 e. The Labute approximate surface area is 150 Å². The Kier molecular flexibility index (Phi) is 5.30. The van der Waals surface area contributed by atoms with Crippen molar-refractivity contribution in [2.45, 2.75) is 13.5 Å². The van der Waals surface area contributed by atoms with E-state index in [1.807, 2.05) is 37.3 Å². The highest BCUT2D eigenvalue weighted by atomic mass is 32.1. The molecule has 2 heterocycles. The minimum atomic E-state index is 0.490. The highest BCUT2D eigenvalue weighted by molar-refractivity contribution is 7.71. The van der Waals surface area contributed by atoms with Crippen LogP contribution in [0.25, 0.3) is 11.4 Å². The summed E-state index contributed by atoms with van der Waals surface area (Å²) in [7, 11) is 1.63. The Morgan fingerprint density at radius 2 is 2.00 bits per heavy atom. The van der Waals surface area contributed by atoms with Crippen molar-refractivity contribution in [3.8, 4) is 22.9 Å². The summed E-state index contributed by atoms with van der Waals surface area (Å²) in [4.78, 5) is 4.02. The van der Waals surface area contributed by atoms with Crippen molar-refractivity contribution in [1.29, 1.82) is 0 Å². The minimum absolute atomic E-state index is 0.490. The first kappa shape index (κ1) is 17.0. The maximum atomic E-state index is 5.54. The number of nitrogens with zero attached hydrogens (tertiary/aromatic N) is 3. The summed E-state index contributed by atoms with van der Waals surface area (Å²) in [6.07, 6.45) is 3.43. The molecular formula is C17H19N5O2S. The summed E-state index contributed by atoms with van der Waals surface area (Å²) in [5.74, 6) is 2.13. The molecule has 3 rings (SSSR count). The number of pyridine rings is 1. The first-order valence-corrected chi connectivity index (χ1v) is 8.25. The molecule has 0 fully saturated rings. The summed E-state index contributed by atoms with van der Waals surface area (Å²) in [5.41, 5.74) is 5.23. The van der Waals surface area contributed by atoms with Crippen LogP contribution in [0.2, 0.25) is 0 Å². The first-order valence-electron chi connectivity index (χ1n) is 7.84. The van der Waals surface area contributed by atoms with Gasteiger partial charge in [0.15, 0.2) is 17.3 Å². The fraction of sp³-hybridized carbons (Fsp3) is 0.235. The van der Waals surface area contributed by atoms with Crippen LogP contribution >= 0.6 is 12.2 Å². The number of benzene rings is 1. The molecule has 0 amide bonds. The van der Waals surface area contributed by atoms with Crippen molar-refractivity contribution < 1.29 is 9.47 Å². The van der Waals surface area contributed by atoms with Gasteiger partial charge in [-0.2, -0.15) is 5.10 Å². The van der Waals surface area contributed by atoms with Crippen LogP contribution in [0.3, 0.4) is 0 Å². The Balaban J connectivity index is 1.81. The molecule has 2 aromatic heterocycles. The Morgan fingerprint density at radius 1 is 1.20 bits per heavy atom. The van der Waals surface area contributed by atoms with E-state index < -0.39 is 0 Å². The largest absolute Gasteiger partial charge is 0.493 e. The average Bonchev–Trinajstić information content (AvgIpc) is 3.02. The molecule has 1 aromatic carbocycles. The smallest absolute Gasteiger partial charge is 0.214 e. The number of aromatic nitrogens is 4. The number of H-pyrrole nitrogens is 1. The van der Waals surface area contributed by atoms with Gasteiger partial charge in [0.05, 0.1) is 20.3 Å². The molecule has 25 heavy (non-hydrogen) atoms. The van der Waals surface area contributed by atoms with Crippen molar-refractivity contribution in [2.75, 3.05) is 19.1 Å². The maximum absolute atomic E-state index is 5.54. The zero-order valence-electron chi connectivity index (χ0n) is 14.0. The number of rotatable bonds is 7. The van der Waals surface area contributed by atoms with Crippen LogP contribution in [0.5, 0.6) is 11.5 Å². The topological polar surface area (TPSA) is 77.0 Å². The molecule has 0 spiro atoms. The van der Waals surface area contributed by atoms with Crippen LogP contribution in [-0.2, 0) is 6.54 Å². The molecular weight excluding hydrogens is 338 g/mol. The van der Waals surface area contributed by atoms with Gasteiger partial charge in [-0.15, -0.1) is 0 Å². The van der Waals surface area contributed by atoms with E-state index in [1.165, 1.54) is 0 Å². The number of hydrogen-bond acceptors (Lipinski definition) is 6. The first-order chi connectivity index (χ1) is 12.2. The van der Waals surface area contributed by atoms with Crippen molar-refractivity contribution in [3.63, 3.8) is 0 Å². The minimum Gasteiger partial charge on any atom is -0.493 e. The summed E-state index contributed by atoms with van der Waals surface area (Å²) >= 11 is 5.31. The molecule has 0 aliphatic heterocycles.